The molecule has 0 aromatic carbocycles. The van der Waals surface area contributed by atoms with Crippen molar-refractivity contribution in [1.82, 2.24) is 34.8 Å². The van der Waals surface area contributed by atoms with Gasteiger partial charge in [0.15, 0.2) is 5.82 Å². The third kappa shape index (κ3) is 3.08. The summed E-state index contributed by atoms with van der Waals surface area (Å²) in [6.45, 7) is 4.83. The second kappa shape index (κ2) is 6.39. The molecule has 2 aromatic rings. The number of rotatable bonds is 5. The lowest BCUT2D eigenvalue weighted by Crippen LogP contribution is -2.71. The van der Waals surface area contributed by atoms with Crippen LogP contribution in [0.3, 0.4) is 0 Å². The number of aromatic amines is 1. The molecule has 8 heteroatoms. The molecule has 0 radical (unpaired) electrons. The summed E-state index contributed by atoms with van der Waals surface area (Å²) in [6.07, 6.45) is 12.1. The Morgan fingerprint density at radius 1 is 0.939 bits per heavy atom. The number of amides is 2. The van der Waals surface area contributed by atoms with Crippen molar-refractivity contribution in [3.63, 3.8) is 0 Å². The quantitative estimate of drug-likeness (QED) is 0.761. The summed E-state index contributed by atoms with van der Waals surface area (Å²) < 4.78 is 2.16. The molecule has 2 spiro atoms. The molecule has 8 nitrogen and oxygen atoms in total. The van der Waals surface area contributed by atoms with Crippen LogP contribution < -0.4 is 0 Å². The second-order valence-electron chi connectivity index (χ2n) is 12.5. The van der Waals surface area contributed by atoms with Crippen molar-refractivity contribution >= 4 is 6.03 Å². The molecule has 0 atom stereocenters. The Kier molecular flexibility index (Phi) is 3.68. The van der Waals surface area contributed by atoms with Crippen LogP contribution in [-0.4, -0.2) is 67.0 Å². The number of carbonyl (C=O) groups is 1. The number of aromatic nitrogens is 5. The lowest BCUT2D eigenvalue weighted by Gasteiger charge is -2.63. The molecule has 6 aliphatic rings. The predicted molar refractivity (Wildman–Crippen MR) is 121 cm³/mol. The average Bonchev–Trinajstić information content (AvgIpc) is 3.62. The Balaban J connectivity index is 0.784. The van der Waals surface area contributed by atoms with E-state index < -0.39 is 0 Å². The van der Waals surface area contributed by atoms with Crippen molar-refractivity contribution in [2.75, 3.05) is 26.2 Å². The second-order valence-corrected chi connectivity index (χ2v) is 12.5. The maximum Gasteiger partial charge on any atom is 0.320 e. The molecule has 174 valence electrons. The van der Waals surface area contributed by atoms with Gasteiger partial charge in [0.25, 0.3) is 0 Å². The zero-order valence-electron chi connectivity index (χ0n) is 19.2. The Morgan fingerprint density at radius 3 is 2.27 bits per heavy atom. The van der Waals surface area contributed by atoms with Crippen LogP contribution in [0.25, 0.3) is 0 Å². The standard InChI is InChI=1S/C25H33N7O/c33-23(31-14-25(15-31)9-19(10-25)22-26-21(27-28-22)18-3-4-18)30-12-24(13-30)7-16(8-24)11-32-6-5-20(29-32)17-1-2-17/h5-6,16-19H,1-4,7-15H2,(H,26,27,28). The van der Waals surface area contributed by atoms with E-state index in [1.54, 1.807) is 0 Å². The number of likely N-dealkylation sites (tertiary alicyclic amines) is 2. The molecule has 4 saturated carbocycles. The first-order valence-corrected chi connectivity index (χ1v) is 13.0. The van der Waals surface area contributed by atoms with E-state index in [1.165, 1.54) is 44.2 Å². The molecule has 2 amide bonds. The van der Waals surface area contributed by atoms with E-state index in [2.05, 4.69) is 36.9 Å². The van der Waals surface area contributed by atoms with Crippen molar-refractivity contribution in [3.05, 3.63) is 29.6 Å². The van der Waals surface area contributed by atoms with Crippen LogP contribution >= 0.6 is 0 Å². The fourth-order valence-electron chi connectivity index (χ4n) is 7.32. The van der Waals surface area contributed by atoms with Gasteiger partial charge in [0.1, 0.15) is 5.82 Å². The smallest absolute Gasteiger partial charge is 0.320 e. The summed E-state index contributed by atoms with van der Waals surface area (Å²) in [6, 6.07) is 2.48. The van der Waals surface area contributed by atoms with E-state index in [9.17, 15) is 4.79 Å². The highest BCUT2D eigenvalue weighted by molar-refractivity contribution is 5.77. The van der Waals surface area contributed by atoms with E-state index in [0.717, 1.165) is 69.1 Å². The molecule has 2 aliphatic heterocycles. The van der Waals surface area contributed by atoms with Gasteiger partial charge in [-0.05, 0) is 63.4 Å². The van der Waals surface area contributed by atoms with Gasteiger partial charge in [0, 0.05) is 67.5 Å². The van der Waals surface area contributed by atoms with E-state index in [0.29, 0.717) is 22.7 Å². The first-order chi connectivity index (χ1) is 16.1. The van der Waals surface area contributed by atoms with Crippen LogP contribution in [0.15, 0.2) is 12.3 Å². The summed E-state index contributed by atoms with van der Waals surface area (Å²) in [5, 5.41) is 12.4. The minimum Gasteiger partial charge on any atom is -0.323 e. The monoisotopic (exact) mass is 447 g/mol. The Bertz CT molecular complexity index is 1080. The van der Waals surface area contributed by atoms with Gasteiger partial charge in [-0.15, -0.1) is 0 Å². The number of nitrogens with zero attached hydrogens (tertiary/aromatic N) is 6. The Morgan fingerprint density at radius 2 is 1.61 bits per heavy atom. The SMILES string of the molecule is O=C(N1CC2(CC(Cn3ccc(C4CC4)n3)C2)C1)N1CC2(CC(c3nc(C4CC4)n[nH]3)C2)C1. The lowest BCUT2D eigenvalue weighted by atomic mass is 9.57. The fraction of sp³-hybridized carbons (Fsp3) is 0.760. The largest absolute Gasteiger partial charge is 0.323 e. The number of hydrogen-bond donors (Lipinski definition) is 1. The third-order valence-corrected chi connectivity index (χ3v) is 9.40. The minimum absolute atomic E-state index is 0.273. The summed E-state index contributed by atoms with van der Waals surface area (Å²) in [7, 11) is 0. The highest BCUT2D eigenvalue weighted by atomic mass is 16.2. The van der Waals surface area contributed by atoms with Crippen molar-refractivity contribution in [1.29, 1.82) is 0 Å². The van der Waals surface area contributed by atoms with Crippen LogP contribution in [0.5, 0.6) is 0 Å². The van der Waals surface area contributed by atoms with E-state index in [4.69, 9.17) is 10.1 Å². The molecule has 4 heterocycles. The van der Waals surface area contributed by atoms with Crippen molar-refractivity contribution in [2.24, 2.45) is 16.7 Å². The summed E-state index contributed by atoms with van der Waals surface area (Å²) in [5.41, 5.74) is 2.04. The fourth-order valence-corrected chi connectivity index (χ4v) is 7.32. The van der Waals surface area contributed by atoms with Gasteiger partial charge in [-0.25, -0.2) is 9.78 Å². The van der Waals surface area contributed by atoms with Crippen LogP contribution in [-0.2, 0) is 6.54 Å². The van der Waals surface area contributed by atoms with Crippen LogP contribution in [0.1, 0.15) is 86.5 Å². The molecular weight excluding hydrogens is 414 g/mol. The van der Waals surface area contributed by atoms with Crippen molar-refractivity contribution in [3.8, 4) is 0 Å². The maximum absolute atomic E-state index is 13.0. The third-order valence-electron chi connectivity index (χ3n) is 9.40. The number of H-pyrrole nitrogens is 1. The van der Waals surface area contributed by atoms with E-state index >= 15 is 0 Å². The van der Waals surface area contributed by atoms with Gasteiger partial charge in [0.2, 0.25) is 0 Å². The lowest BCUT2D eigenvalue weighted by molar-refractivity contribution is -0.103. The molecule has 4 aliphatic carbocycles. The number of nitrogens with one attached hydrogen (secondary N) is 1. The highest BCUT2D eigenvalue weighted by Crippen LogP contribution is 2.57. The highest BCUT2D eigenvalue weighted by Gasteiger charge is 2.58. The molecule has 0 bridgehead atoms. The van der Waals surface area contributed by atoms with Gasteiger partial charge >= 0.3 is 6.03 Å². The number of carbonyl (C=O) groups excluding carboxylic acids is 1. The summed E-state index contributed by atoms with van der Waals surface area (Å²) >= 11 is 0. The first kappa shape index (κ1) is 19.0. The van der Waals surface area contributed by atoms with Gasteiger partial charge in [-0.3, -0.25) is 9.78 Å². The Labute approximate surface area is 194 Å². The van der Waals surface area contributed by atoms with Gasteiger partial charge in [0.05, 0.1) is 5.69 Å². The number of hydrogen-bond acceptors (Lipinski definition) is 4. The molecule has 2 aromatic heterocycles. The number of urea groups is 1. The van der Waals surface area contributed by atoms with Crippen LogP contribution in [0.4, 0.5) is 4.79 Å². The zero-order chi connectivity index (χ0) is 21.8. The summed E-state index contributed by atoms with van der Waals surface area (Å²) in [5.74, 6) is 4.68. The van der Waals surface area contributed by atoms with Crippen molar-refractivity contribution in [2.45, 2.75) is 75.7 Å². The van der Waals surface area contributed by atoms with Gasteiger partial charge in [-0.2, -0.15) is 10.2 Å². The van der Waals surface area contributed by atoms with E-state index in [1.807, 2.05) is 0 Å². The van der Waals surface area contributed by atoms with Crippen LogP contribution in [0.2, 0.25) is 0 Å². The normalized spacial score (nSPS) is 27.9. The molecule has 33 heavy (non-hydrogen) atoms. The minimum atomic E-state index is 0.273. The van der Waals surface area contributed by atoms with Crippen LogP contribution in [0, 0.1) is 16.7 Å². The topological polar surface area (TPSA) is 82.9 Å². The summed E-state index contributed by atoms with van der Waals surface area (Å²) in [4.78, 5) is 21.9. The van der Waals surface area contributed by atoms with Gasteiger partial charge in [-0.1, -0.05) is 0 Å². The van der Waals surface area contributed by atoms with Gasteiger partial charge < -0.3 is 9.80 Å². The molecule has 8 rings (SSSR count). The molecule has 1 N–H and O–H groups in total. The zero-order valence-corrected chi connectivity index (χ0v) is 19.2. The van der Waals surface area contributed by atoms with E-state index in [-0.39, 0.29) is 6.03 Å². The van der Waals surface area contributed by atoms with Crippen molar-refractivity contribution < 1.29 is 4.79 Å². The Hall–Kier alpha value is -2.38. The first-order valence-electron chi connectivity index (χ1n) is 13.0. The molecule has 0 unspecified atom stereocenters. The molecule has 6 fully saturated rings. The maximum atomic E-state index is 13.0. The predicted octanol–water partition coefficient (Wildman–Crippen LogP) is 3.47. The molecule has 2 saturated heterocycles. The molecular formula is C25H33N7O. The average molecular weight is 448 g/mol.